The quantitative estimate of drug-likeness (QED) is 0.202. The maximum Gasteiger partial charge on any atom is 0.147 e. The summed E-state index contributed by atoms with van der Waals surface area (Å²) in [7, 11) is 0. The topological polar surface area (TPSA) is 43.4 Å². The lowest BCUT2D eigenvalue weighted by Crippen LogP contribution is -2.32. The molecule has 0 radical (unpaired) electrons. The van der Waals surface area contributed by atoms with Crippen molar-refractivity contribution in [2.45, 2.75) is 110 Å². The molecule has 31 heavy (non-hydrogen) atoms. The number of carbonyl (C=O) groups excluding carboxylic acids is 2. The number of rotatable bonds is 16. The van der Waals surface area contributed by atoms with Gasteiger partial charge in [-0.05, 0) is 42.9 Å². The average Bonchev–Trinajstić information content (AvgIpc) is 2.77. The largest absolute Gasteiger partial charge is 0.494 e. The fourth-order valence-corrected chi connectivity index (χ4v) is 4.64. The van der Waals surface area contributed by atoms with Crippen LogP contribution in [0.1, 0.15) is 109 Å². The first-order valence-electron chi connectivity index (χ1n) is 12.9. The first-order valence-corrected chi connectivity index (χ1v) is 12.9. The normalized spacial score (nSPS) is 18.8. The Labute approximate surface area is 190 Å². The highest BCUT2D eigenvalue weighted by atomic mass is 16.5. The monoisotopic (exact) mass is 428 g/mol. The molecule has 1 aromatic rings. The van der Waals surface area contributed by atoms with Crippen LogP contribution in [0.15, 0.2) is 24.3 Å². The van der Waals surface area contributed by atoms with Gasteiger partial charge in [0.1, 0.15) is 17.3 Å². The molecule has 3 heteroatoms. The molecule has 174 valence electrons. The zero-order valence-corrected chi connectivity index (χ0v) is 20.0. The van der Waals surface area contributed by atoms with E-state index in [1.54, 1.807) is 0 Å². The molecule has 0 N–H and O–H groups in total. The summed E-state index contributed by atoms with van der Waals surface area (Å²) in [4.78, 5) is 25.2. The van der Waals surface area contributed by atoms with Crippen LogP contribution in [0.2, 0.25) is 0 Å². The Kier molecular flexibility index (Phi) is 12.6. The van der Waals surface area contributed by atoms with Crippen LogP contribution in [0, 0.1) is 11.8 Å². The van der Waals surface area contributed by atoms with Crippen LogP contribution in [0.3, 0.4) is 0 Å². The number of carbonyl (C=O) groups is 2. The van der Waals surface area contributed by atoms with Crippen LogP contribution in [-0.4, -0.2) is 18.2 Å². The molecule has 2 unspecified atom stereocenters. The second kappa shape index (κ2) is 15.2. The first-order chi connectivity index (χ1) is 15.1. The van der Waals surface area contributed by atoms with E-state index in [1.165, 1.54) is 57.8 Å². The number of ether oxygens (including phenoxy) is 1. The van der Waals surface area contributed by atoms with E-state index in [-0.39, 0.29) is 17.5 Å². The van der Waals surface area contributed by atoms with Crippen LogP contribution < -0.4 is 4.74 Å². The number of hydrogen-bond acceptors (Lipinski definition) is 3. The third kappa shape index (κ3) is 10.0. The van der Waals surface area contributed by atoms with Gasteiger partial charge in [-0.25, -0.2) is 0 Å². The van der Waals surface area contributed by atoms with Crippen molar-refractivity contribution in [3.63, 3.8) is 0 Å². The predicted molar refractivity (Wildman–Crippen MR) is 129 cm³/mol. The summed E-state index contributed by atoms with van der Waals surface area (Å²) in [5, 5.41) is 0. The predicted octanol–water partition coefficient (Wildman–Crippen LogP) is 7.49. The Bertz CT molecular complexity index is 634. The summed E-state index contributed by atoms with van der Waals surface area (Å²) in [6.45, 7) is 5.20. The van der Waals surface area contributed by atoms with E-state index in [4.69, 9.17) is 4.74 Å². The minimum atomic E-state index is -0.379. The van der Waals surface area contributed by atoms with Crippen molar-refractivity contribution in [2.24, 2.45) is 11.8 Å². The highest BCUT2D eigenvalue weighted by Gasteiger charge is 2.32. The number of ketones is 2. The fraction of sp³-hybridized carbons (Fsp3) is 0.714. The van der Waals surface area contributed by atoms with Gasteiger partial charge in [-0.1, -0.05) is 90.2 Å². The fourth-order valence-electron chi connectivity index (χ4n) is 4.64. The van der Waals surface area contributed by atoms with E-state index >= 15 is 0 Å². The van der Waals surface area contributed by atoms with Crippen molar-refractivity contribution in [2.75, 3.05) is 6.61 Å². The van der Waals surface area contributed by atoms with E-state index < -0.39 is 0 Å². The summed E-state index contributed by atoms with van der Waals surface area (Å²) in [5.74, 6) is 1.25. The SMILES string of the molecule is CCCCCCCCCOc1ccc(CC(=O)C2CCC(CCCCC)CC2=O)cc1. The molecular formula is C28H44O3. The van der Waals surface area contributed by atoms with Gasteiger partial charge in [0.25, 0.3) is 0 Å². The van der Waals surface area contributed by atoms with Crippen LogP contribution in [0.4, 0.5) is 0 Å². The van der Waals surface area contributed by atoms with Crippen molar-refractivity contribution in [1.29, 1.82) is 0 Å². The van der Waals surface area contributed by atoms with Crippen LogP contribution in [-0.2, 0) is 16.0 Å². The van der Waals surface area contributed by atoms with Gasteiger partial charge in [-0.3, -0.25) is 9.59 Å². The van der Waals surface area contributed by atoms with Crippen molar-refractivity contribution in [1.82, 2.24) is 0 Å². The van der Waals surface area contributed by atoms with Gasteiger partial charge in [0.15, 0.2) is 0 Å². The molecule has 1 fully saturated rings. The minimum Gasteiger partial charge on any atom is -0.494 e. The Morgan fingerprint density at radius 3 is 2.19 bits per heavy atom. The second-order valence-corrected chi connectivity index (χ2v) is 9.42. The lowest BCUT2D eigenvalue weighted by molar-refractivity contribution is -0.135. The standard InChI is InChI=1S/C28H44O3/c1-3-5-7-8-9-10-12-20-31-25-17-14-24(15-18-25)22-28(30)26-19-16-23(21-27(26)29)13-11-6-4-2/h14-15,17-18,23,26H,3-13,16,19-22H2,1-2H3. The third-order valence-corrected chi connectivity index (χ3v) is 6.67. The first kappa shape index (κ1) is 25.6. The Morgan fingerprint density at radius 2 is 1.52 bits per heavy atom. The molecule has 0 heterocycles. The molecule has 0 bridgehead atoms. The Balaban J connectivity index is 1.65. The van der Waals surface area contributed by atoms with Gasteiger partial charge in [-0.15, -0.1) is 0 Å². The molecule has 3 nitrogen and oxygen atoms in total. The number of Topliss-reactive ketones (excluding diaryl/α,β-unsaturated/α-hetero) is 2. The zero-order chi connectivity index (χ0) is 22.3. The summed E-state index contributed by atoms with van der Waals surface area (Å²) in [6.07, 6.45) is 16.5. The van der Waals surface area contributed by atoms with Crippen LogP contribution >= 0.6 is 0 Å². The van der Waals surface area contributed by atoms with Gasteiger partial charge in [-0.2, -0.15) is 0 Å². The average molecular weight is 429 g/mol. The van der Waals surface area contributed by atoms with Crippen LogP contribution in [0.25, 0.3) is 0 Å². The molecule has 0 aliphatic heterocycles. The smallest absolute Gasteiger partial charge is 0.147 e. The van der Waals surface area contributed by atoms with Gasteiger partial charge in [0.05, 0.1) is 12.5 Å². The highest BCUT2D eigenvalue weighted by molar-refractivity contribution is 6.03. The van der Waals surface area contributed by atoms with E-state index in [0.29, 0.717) is 18.8 Å². The maximum atomic E-state index is 12.7. The van der Waals surface area contributed by atoms with Crippen molar-refractivity contribution < 1.29 is 14.3 Å². The Morgan fingerprint density at radius 1 is 0.871 bits per heavy atom. The van der Waals surface area contributed by atoms with Crippen LogP contribution in [0.5, 0.6) is 5.75 Å². The molecule has 0 aromatic heterocycles. The molecule has 2 atom stereocenters. The summed E-state index contributed by atoms with van der Waals surface area (Å²) < 4.78 is 5.84. The molecular weight excluding hydrogens is 384 g/mol. The van der Waals surface area contributed by atoms with E-state index in [1.807, 2.05) is 24.3 Å². The molecule has 0 saturated heterocycles. The lowest BCUT2D eigenvalue weighted by atomic mass is 9.76. The lowest BCUT2D eigenvalue weighted by Gasteiger charge is -2.26. The van der Waals surface area contributed by atoms with Crippen molar-refractivity contribution in [3.05, 3.63) is 29.8 Å². The molecule has 1 aliphatic rings. The Hall–Kier alpha value is -1.64. The van der Waals surface area contributed by atoms with E-state index in [2.05, 4.69) is 13.8 Å². The number of hydrogen-bond donors (Lipinski definition) is 0. The van der Waals surface area contributed by atoms with E-state index in [9.17, 15) is 9.59 Å². The molecule has 1 saturated carbocycles. The van der Waals surface area contributed by atoms with Crippen molar-refractivity contribution in [3.8, 4) is 5.75 Å². The van der Waals surface area contributed by atoms with Gasteiger partial charge in [0.2, 0.25) is 0 Å². The summed E-state index contributed by atoms with van der Waals surface area (Å²) >= 11 is 0. The molecule has 1 aromatic carbocycles. The summed E-state index contributed by atoms with van der Waals surface area (Å²) in [5.41, 5.74) is 0.978. The molecule has 2 rings (SSSR count). The van der Waals surface area contributed by atoms with Gasteiger partial charge >= 0.3 is 0 Å². The maximum absolute atomic E-state index is 12.7. The molecule has 1 aliphatic carbocycles. The van der Waals surface area contributed by atoms with E-state index in [0.717, 1.165) is 43.6 Å². The number of unbranched alkanes of at least 4 members (excludes halogenated alkanes) is 8. The minimum absolute atomic E-state index is 0.0914. The summed E-state index contributed by atoms with van der Waals surface area (Å²) in [6, 6.07) is 7.85. The number of benzene rings is 1. The van der Waals surface area contributed by atoms with Gasteiger partial charge < -0.3 is 4.74 Å². The second-order valence-electron chi connectivity index (χ2n) is 9.42. The highest BCUT2D eigenvalue weighted by Crippen LogP contribution is 2.31. The van der Waals surface area contributed by atoms with Gasteiger partial charge in [0, 0.05) is 12.8 Å². The molecule has 0 amide bonds. The zero-order valence-electron chi connectivity index (χ0n) is 20.0. The molecule has 0 spiro atoms. The van der Waals surface area contributed by atoms with Crippen molar-refractivity contribution >= 4 is 11.6 Å². The third-order valence-electron chi connectivity index (χ3n) is 6.67.